The molecular weight excluding hydrogens is 312 g/mol. The van der Waals surface area contributed by atoms with Crippen molar-refractivity contribution in [2.24, 2.45) is 17.8 Å². The molecule has 0 spiro atoms. The second-order valence-electron chi connectivity index (χ2n) is 7.63. The molecule has 0 radical (unpaired) electrons. The second-order valence-corrected chi connectivity index (χ2v) is 7.63. The van der Waals surface area contributed by atoms with E-state index >= 15 is 0 Å². The first-order valence-electron chi connectivity index (χ1n) is 9.17. The molecule has 4 heteroatoms. The molecule has 0 saturated heterocycles. The molecule has 1 amide bonds. The number of carbonyl (C=O) groups excluding carboxylic acids is 1. The van der Waals surface area contributed by atoms with Gasteiger partial charge >= 0.3 is 6.09 Å². The Morgan fingerprint density at radius 3 is 2.80 bits per heavy atom. The molecule has 1 aliphatic heterocycles. The lowest BCUT2D eigenvalue weighted by Crippen LogP contribution is -2.40. The van der Waals surface area contributed by atoms with Gasteiger partial charge in [0.15, 0.2) is 6.04 Å². The number of hydrogen-bond acceptors (Lipinski definition) is 3. The number of rotatable bonds is 2. The number of ether oxygens (including phenoxy) is 1. The Hall–Kier alpha value is -2.28. The van der Waals surface area contributed by atoms with Crippen LogP contribution in [-0.2, 0) is 4.74 Å². The molecule has 0 bridgehead atoms. The summed E-state index contributed by atoms with van der Waals surface area (Å²) in [7, 11) is 0. The van der Waals surface area contributed by atoms with E-state index in [2.05, 4.69) is 26.8 Å². The average Bonchev–Trinajstić information content (AvgIpc) is 2.60. The van der Waals surface area contributed by atoms with E-state index in [1.165, 1.54) is 11.3 Å². The van der Waals surface area contributed by atoms with Gasteiger partial charge in [0, 0.05) is 6.20 Å². The van der Waals surface area contributed by atoms with E-state index in [0.29, 0.717) is 17.8 Å². The number of fused-ring (bicyclic) bond motifs is 1. The molecule has 0 unspecified atom stereocenters. The SMILES string of the molecule is CC(C)[C@@H]1CC[C@@H](C)C[C@H]1OC(=O)N1C=Cc2ccccc2[C@H]1C#N. The van der Waals surface area contributed by atoms with E-state index < -0.39 is 12.1 Å². The van der Waals surface area contributed by atoms with Crippen LogP contribution in [0.2, 0.25) is 0 Å². The predicted molar refractivity (Wildman–Crippen MR) is 97.3 cm³/mol. The van der Waals surface area contributed by atoms with Gasteiger partial charge in [0.25, 0.3) is 0 Å². The summed E-state index contributed by atoms with van der Waals surface area (Å²) in [6, 6.07) is 9.29. The van der Waals surface area contributed by atoms with E-state index in [1.54, 1.807) is 6.20 Å². The number of amides is 1. The minimum absolute atomic E-state index is 0.0684. The third-order valence-corrected chi connectivity index (χ3v) is 5.53. The molecule has 0 aromatic heterocycles. The van der Waals surface area contributed by atoms with Gasteiger partial charge in [-0.25, -0.2) is 4.79 Å². The zero-order valence-corrected chi connectivity index (χ0v) is 15.2. The standard InChI is InChI=1S/C21H26N2O2/c1-14(2)17-9-8-15(3)12-20(17)25-21(24)23-11-10-16-6-4-5-7-18(16)19(23)13-22/h4-7,10-11,14-15,17,19-20H,8-9,12H2,1-3H3/t15-,17+,19-,20-/m1/s1. The van der Waals surface area contributed by atoms with Crippen molar-refractivity contribution >= 4 is 12.2 Å². The largest absolute Gasteiger partial charge is 0.446 e. The lowest BCUT2D eigenvalue weighted by Gasteiger charge is -2.38. The fourth-order valence-electron chi connectivity index (χ4n) is 4.05. The van der Waals surface area contributed by atoms with Crippen LogP contribution >= 0.6 is 0 Å². The Morgan fingerprint density at radius 2 is 2.08 bits per heavy atom. The first-order chi connectivity index (χ1) is 12.0. The van der Waals surface area contributed by atoms with Crippen molar-refractivity contribution in [2.75, 3.05) is 0 Å². The zero-order valence-electron chi connectivity index (χ0n) is 15.2. The van der Waals surface area contributed by atoms with Gasteiger partial charge in [-0.2, -0.15) is 5.26 Å². The summed E-state index contributed by atoms with van der Waals surface area (Å²) in [6.07, 6.45) is 6.25. The van der Waals surface area contributed by atoms with Gasteiger partial charge in [-0.05, 0) is 47.8 Å². The molecule has 0 N–H and O–H groups in total. The highest BCUT2D eigenvalue weighted by Crippen LogP contribution is 2.37. The fourth-order valence-corrected chi connectivity index (χ4v) is 4.05. The van der Waals surface area contributed by atoms with Gasteiger partial charge in [-0.1, -0.05) is 51.5 Å². The summed E-state index contributed by atoms with van der Waals surface area (Å²) in [5, 5.41) is 9.61. The minimum Gasteiger partial charge on any atom is -0.446 e. The van der Waals surface area contributed by atoms with Crippen molar-refractivity contribution in [3.8, 4) is 6.07 Å². The van der Waals surface area contributed by atoms with E-state index in [-0.39, 0.29) is 6.10 Å². The number of nitriles is 1. The molecule has 1 fully saturated rings. The Morgan fingerprint density at radius 1 is 1.32 bits per heavy atom. The highest BCUT2D eigenvalue weighted by Gasteiger charge is 2.36. The van der Waals surface area contributed by atoms with Crippen LogP contribution in [0.4, 0.5) is 4.79 Å². The topological polar surface area (TPSA) is 53.3 Å². The van der Waals surface area contributed by atoms with Crippen LogP contribution in [0.15, 0.2) is 30.5 Å². The quantitative estimate of drug-likeness (QED) is 0.750. The smallest absolute Gasteiger partial charge is 0.415 e. The van der Waals surface area contributed by atoms with Crippen molar-refractivity contribution in [1.82, 2.24) is 4.90 Å². The highest BCUT2D eigenvalue weighted by molar-refractivity contribution is 5.74. The van der Waals surface area contributed by atoms with Gasteiger partial charge in [-0.15, -0.1) is 0 Å². The van der Waals surface area contributed by atoms with Gasteiger partial charge in [-0.3, -0.25) is 4.90 Å². The maximum Gasteiger partial charge on any atom is 0.415 e. The summed E-state index contributed by atoms with van der Waals surface area (Å²) >= 11 is 0. The van der Waals surface area contributed by atoms with Gasteiger partial charge < -0.3 is 4.74 Å². The van der Waals surface area contributed by atoms with Crippen molar-refractivity contribution in [2.45, 2.75) is 52.2 Å². The van der Waals surface area contributed by atoms with Gasteiger partial charge in [0.2, 0.25) is 0 Å². The number of hydrogen-bond donors (Lipinski definition) is 0. The van der Waals surface area contributed by atoms with Crippen LogP contribution in [0.25, 0.3) is 6.08 Å². The van der Waals surface area contributed by atoms with E-state index in [4.69, 9.17) is 4.74 Å². The van der Waals surface area contributed by atoms with Crippen LogP contribution < -0.4 is 0 Å². The van der Waals surface area contributed by atoms with E-state index in [1.807, 2.05) is 30.3 Å². The monoisotopic (exact) mass is 338 g/mol. The Labute approximate surface area is 150 Å². The zero-order chi connectivity index (χ0) is 18.0. The third-order valence-electron chi connectivity index (χ3n) is 5.53. The lowest BCUT2D eigenvalue weighted by molar-refractivity contribution is -0.00735. The molecule has 4 nitrogen and oxygen atoms in total. The molecule has 1 aliphatic carbocycles. The summed E-state index contributed by atoms with van der Waals surface area (Å²) < 4.78 is 5.91. The number of carbonyl (C=O) groups is 1. The Bertz CT molecular complexity index is 704. The fraction of sp³-hybridized carbons (Fsp3) is 0.524. The molecule has 4 atom stereocenters. The van der Waals surface area contributed by atoms with Crippen molar-refractivity contribution in [1.29, 1.82) is 5.26 Å². The highest BCUT2D eigenvalue weighted by atomic mass is 16.6. The molecule has 2 aliphatic rings. The molecule has 1 saturated carbocycles. The van der Waals surface area contributed by atoms with Gasteiger partial charge in [0.1, 0.15) is 6.10 Å². The lowest BCUT2D eigenvalue weighted by atomic mass is 9.75. The molecule has 1 aromatic rings. The molecule has 3 rings (SSSR count). The average molecular weight is 338 g/mol. The maximum atomic E-state index is 12.8. The molecule has 25 heavy (non-hydrogen) atoms. The van der Waals surface area contributed by atoms with Crippen LogP contribution in [0.5, 0.6) is 0 Å². The Kier molecular flexibility index (Phi) is 5.13. The van der Waals surface area contributed by atoms with Gasteiger partial charge in [0.05, 0.1) is 6.07 Å². The van der Waals surface area contributed by atoms with Crippen LogP contribution in [0.1, 0.15) is 57.2 Å². The van der Waals surface area contributed by atoms with Crippen molar-refractivity contribution in [3.63, 3.8) is 0 Å². The number of benzene rings is 1. The van der Waals surface area contributed by atoms with Crippen molar-refractivity contribution < 1.29 is 9.53 Å². The minimum atomic E-state index is -0.632. The van der Waals surface area contributed by atoms with E-state index in [9.17, 15) is 10.1 Å². The molecular formula is C21H26N2O2. The Balaban J connectivity index is 1.78. The van der Waals surface area contributed by atoms with Crippen molar-refractivity contribution in [3.05, 3.63) is 41.6 Å². The second kappa shape index (κ2) is 7.31. The normalized spacial score (nSPS) is 28.4. The first kappa shape index (κ1) is 17.5. The number of nitrogens with zero attached hydrogens (tertiary/aromatic N) is 2. The van der Waals surface area contributed by atoms with E-state index in [0.717, 1.165) is 24.0 Å². The van der Waals surface area contributed by atoms with Crippen LogP contribution in [-0.4, -0.2) is 17.1 Å². The molecule has 132 valence electrons. The molecule has 1 aromatic carbocycles. The first-order valence-corrected chi connectivity index (χ1v) is 9.17. The third kappa shape index (κ3) is 3.56. The predicted octanol–water partition coefficient (Wildman–Crippen LogP) is 5.13. The maximum absolute atomic E-state index is 12.8. The van der Waals surface area contributed by atoms with Crippen LogP contribution in [0, 0.1) is 29.1 Å². The summed E-state index contributed by atoms with van der Waals surface area (Å²) in [4.78, 5) is 14.3. The molecule has 1 heterocycles. The summed E-state index contributed by atoms with van der Waals surface area (Å²) in [5.74, 6) is 1.44. The summed E-state index contributed by atoms with van der Waals surface area (Å²) in [5.41, 5.74) is 1.83. The summed E-state index contributed by atoms with van der Waals surface area (Å²) in [6.45, 7) is 6.60. The van der Waals surface area contributed by atoms with Crippen LogP contribution in [0.3, 0.4) is 0 Å².